The van der Waals surface area contributed by atoms with Crippen LogP contribution in [0.4, 0.5) is 0 Å². The van der Waals surface area contributed by atoms with Gasteiger partial charge in [0.05, 0.1) is 0 Å². The van der Waals surface area contributed by atoms with Gasteiger partial charge >= 0.3 is 0 Å². The van der Waals surface area contributed by atoms with E-state index in [0.29, 0.717) is 18.2 Å². The molecular formula is C16H21NO2. The Morgan fingerprint density at radius 2 is 2.21 bits per heavy atom. The van der Waals surface area contributed by atoms with Gasteiger partial charge in [-0.2, -0.15) is 0 Å². The van der Waals surface area contributed by atoms with Crippen LogP contribution in [0.2, 0.25) is 0 Å². The molecule has 1 aliphatic heterocycles. The van der Waals surface area contributed by atoms with Crippen molar-refractivity contribution >= 4 is 11.0 Å². The Kier molecular flexibility index (Phi) is 3.33. The number of hydrogen-bond donors (Lipinski definition) is 2. The Labute approximate surface area is 113 Å². The average Bonchev–Trinajstić information content (AvgIpc) is 2.84. The molecule has 3 heteroatoms. The summed E-state index contributed by atoms with van der Waals surface area (Å²) in [6.45, 7) is 2.90. The van der Waals surface area contributed by atoms with Gasteiger partial charge in [0, 0.05) is 11.4 Å². The second-order valence-corrected chi connectivity index (χ2v) is 5.77. The molecule has 0 aliphatic carbocycles. The number of furan rings is 1. The highest BCUT2D eigenvalue weighted by molar-refractivity contribution is 5.77. The number of nitrogens with one attached hydrogen (secondary N) is 1. The predicted octanol–water partition coefficient (Wildman–Crippen LogP) is 3.17. The van der Waals surface area contributed by atoms with E-state index in [1.807, 2.05) is 37.3 Å². The third-order valence-electron chi connectivity index (χ3n) is 4.01. The monoisotopic (exact) mass is 259 g/mol. The second kappa shape index (κ2) is 4.99. The molecule has 2 atom stereocenters. The highest BCUT2D eigenvalue weighted by atomic mass is 16.4. The standard InChI is InChI=1S/C16H21NO2/c1-16(18,11-13-7-4-5-9-17-13)15-10-12-6-2-3-8-14(12)19-15/h2-3,6,8,10,13,17-18H,4-5,7,9,11H2,1H3. The summed E-state index contributed by atoms with van der Waals surface area (Å²) in [6, 6.07) is 10.2. The molecule has 0 amide bonds. The molecule has 0 bridgehead atoms. The molecule has 2 aromatic rings. The minimum absolute atomic E-state index is 0.386. The fourth-order valence-corrected chi connectivity index (χ4v) is 2.93. The van der Waals surface area contributed by atoms with E-state index < -0.39 is 5.60 Å². The zero-order valence-corrected chi connectivity index (χ0v) is 11.4. The molecule has 1 saturated heterocycles. The highest BCUT2D eigenvalue weighted by Gasteiger charge is 2.31. The van der Waals surface area contributed by atoms with E-state index in [2.05, 4.69) is 5.32 Å². The van der Waals surface area contributed by atoms with Crippen molar-refractivity contribution in [3.05, 3.63) is 36.1 Å². The van der Waals surface area contributed by atoms with E-state index in [-0.39, 0.29) is 0 Å². The summed E-state index contributed by atoms with van der Waals surface area (Å²) >= 11 is 0. The summed E-state index contributed by atoms with van der Waals surface area (Å²) in [5.41, 5.74) is -0.0667. The molecule has 0 saturated carbocycles. The minimum atomic E-state index is -0.909. The van der Waals surface area contributed by atoms with Crippen LogP contribution in [0.5, 0.6) is 0 Å². The topological polar surface area (TPSA) is 45.4 Å². The number of para-hydroxylation sites is 1. The molecule has 0 radical (unpaired) electrons. The Morgan fingerprint density at radius 1 is 1.37 bits per heavy atom. The van der Waals surface area contributed by atoms with Crippen LogP contribution >= 0.6 is 0 Å². The Bertz CT molecular complexity index is 520. The lowest BCUT2D eigenvalue weighted by Gasteiger charge is -2.30. The van der Waals surface area contributed by atoms with Crippen molar-refractivity contribution in [1.29, 1.82) is 0 Å². The molecule has 0 spiro atoms. The maximum Gasteiger partial charge on any atom is 0.136 e. The maximum atomic E-state index is 10.7. The van der Waals surface area contributed by atoms with Crippen molar-refractivity contribution in [1.82, 2.24) is 5.32 Å². The molecule has 102 valence electrons. The van der Waals surface area contributed by atoms with Crippen molar-refractivity contribution in [3.8, 4) is 0 Å². The number of fused-ring (bicyclic) bond motifs is 1. The zero-order valence-electron chi connectivity index (χ0n) is 11.4. The first-order chi connectivity index (χ1) is 9.15. The molecule has 1 aromatic carbocycles. The number of benzene rings is 1. The molecule has 2 N–H and O–H groups in total. The van der Waals surface area contributed by atoms with E-state index in [1.165, 1.54) is 12.8 Å². The molecule has 3 nitrogen and oxygen atoms in total. The van der Waals surface area contributed by atoms with E-state index in [4.69, 9.17) is 4.42 Å². The smallest absolute Gasteiger partial charge is 0.136 e. The van der Waals surface area contributed by atoms with Crippen LogP contribution in [0.25, 0.3) is 11.0 Å². The zero-order chi connectivity index (χ0) is 13.3. The summed E-state index contributed by atoms with van der Waals surface area (Å²) in [4.78, 5) is 0. The van der Waals surface area contributed by atoms with Crippen LogP contribution in [-0.4, -0.2) is 17.7 Å². The van der Waals surface area contributed by atoms with Crippen molar-refractivity contribution < 1.29 is 9.52 Å². The third kappa shape index (κ3) is 2.67. The van der Waals surface area contributed by atoms with Crippen LogP contribution in [-0.2, 0) is 5.60 Å². The first-order valence-corrected chi connectivity index (χ1v) is 7.10. The summed E-state index contributed by atoms with van der Waals surface area (Å²) in [5.74, 6) is 0.668. The summed E-state index contributed by atoms with van der Waals surface area (Å²) < 4.78 is 5.80. The quantitative estimate of drug-likeness (QED) is 0.890. The van der Waals surface area contributed by atoms with Gasteiger partial charge in [0.1, 0.15) is 16.9 Å². The van der Waals surface area contributed by atoms with Gasteiger partial charge in [-0.25, -0.2) is 0 Å². The lowest BCUT2D eigenvalue weighted by molar-refractivity contribution is 0.0139. The van der Waals surface area contributed by atoms with Gasteiger partial charge in [-0.3, -0.25) is 0 Å². The Hall–Kier alpha value is -1.32. The van der Waals surface area contributed by atoms with Crippen molar-refractivity contribution in [2.45, 2.75) is 44.2 Å². The fraction of sp³-hybridized carbons (Fsp3) is 0.500. The van der Waals surface area contributed by atoms with E-state index in [0.717, 1.165) is 23.9 Å². The molecule has 1 aromatic heterocycles. The molecule has 2 unspecified atom stereocenters. The number of rotatable bonds is 3. The lowest BCUT2D eigenvalue weighted by atomic mass is 9.90. The molecule has 19 heavy (non-hydrogen) atoms. The number of piperidine rings is 1. The van der Waals surface area contributed by atoms with Crippen LogP contribution in [0.15, 0.2) is 34.7 Å². The van der Waals surface area contributed by atoms with E-state index in [1.54, 1.807) is 0 Å². The summed E-state index contributed by atoms with van der Waals surface area (Å²) in [6.07, 6.45) is 4.32. The largest absolute Gasteiger partial charge is 0.458 e. The Morgan fingerprint density at radius 3 is 2.95 bits per heavy atom. The van der Waals surface area contributed by atoms with Gasteiger partial charge in [0.15, 0.2) is 0 Å². The van der Waals surface area contributed by atoms with Crippen molar-refractivity contribution in [2.24, 2.45) is 0 Å². The second-order valence-electron chi connectivity index (χ2n) is 5.77. The molecule has 2 heterocycles. The van der Waals surface area contributed by atoms with Gasteiger partial charge in [-0.1, -0.05) is 24.6 Å². The van der Waals surface area contributed by atoms with Crippen LogP contribution < -0.4 is 5.32 Å². The molecule has 1 fully saturated rings. The van der Waals surface area contributed by atoms with E-state index >= 15 is 0 Å². The fourth-order valence-electron chi connectivity index (χ4n) is 2.93. The number of aliphatic hydroxyl groups is 1. The normalized spacial score (nSPS) is 23.4. The van der Waals surface area contributed by atoms with Crippen LogP contribution in [0.1, 0.15) is 38.4 Å². The Balaban J connectivity index is 1.81. The number of hydrogen-bond acceptors (Lipinski definition) is 3. The van der Waals surface area contributed by atoms with Crippen LogP contribution in [0.3, 0.4) is 0 Å². The van der Waals surface area contributed by atoms with Gasteiger partial charge < -0.3 is 14.8 Å². The molecule has 3 rings (SSSR count). The van der Waals surface area contributed by atoms with Gasteiger partial charge in [-0.15, -0.1) is 0 Å². The maximum absolute atomic E-state index is 10.7. The SMILES string of the molecule is CC(O)(CC1CCCCN1)c1cc2ccccc2o1. The van der Waals surface area contributed by atoms with E-state index in [9.17, 15) is 5.11 Å². The van der Waals surface area contributed by atoms with Gasteiger partial charge in [-0.05, 0) is 44.9 Å². The highest BCUT2D eigenvalue weighted by Crippen LogP contribution is 2.32. The molecule has 1 aliphatic rings. The summed E-state index contributed by atoms with van der Waals surface area (Å²) in [7, 11) is 0. The molecular weight excluding hydrogens is 238 g/mol. The first-order valence-electron chi connectivity index (χ1n) is 7.10. The minimum Gasteiger partial charge on any atom is -0.458 e. The van der Waals surface area contributed by atoms with Crippen molar-refractivity contribution in [3.63, 3.8) is 0 Å². The average molecular weight is 259 g/mol. The van der Waals surface area contributed by atoms with Gasteiger partial charge in [0.2, 0.25) is 0 Å². The first kappa shape index (κ1) is 12.7. The third-order valence-corrected chi connectivity index (χ3v) is 4.01. The lowest BCUT2D eigenvalue weighted by Crippen LogP contribution is -2.39. The summed E-state index contributed by atoms with van der Waals surface area (Å²) in [5, 5.41) is 15.2. The van der Waals surface area contributed by atoms with Gasteiger partial charge in [0.25, 0.3) is 0 Å². The predicted molar refractivity (Wildman–Crippen MR) is 76.0 cm³/mol. The van der Waals surface area contributed by atoms with Crippen molar-refractivity contribution in [2.75, 3.05) is 6.54 Å². The van der Waals surface area contributed by atoms with Crippen LogP contribution in [0, 0.1) is 0 Å².